The molecule has 5 heterocycles. The van der Waals surface area contributed by atoms with Crippen LogP contribution >= 0.6 is 58.0 Å². The lowest BCUT2D eigenvalue weighted by Gasteiger charge is -2.18. The summed E-state index contributed by atoms with van der Waals surface area (Å²) >= 11 is 24.8. The van der Waals surface area contributed by atoms with Crippen LogP contribution in [0.1, 0.15) is 93.1 Å². The molecular weight excluding hydrogens is 1360 g/mol. The van der Waals surface area contributed by atoms with Crippen molar-refractivity contribution < 1.29 is 86.4 Å². The van der Waals surface area contributed by atoms with Crippen LogP contribution in [0.5, 0.6) is 17.2 Å². The fraction of sp³-hybridized carbons (Fsp3) is 0.424. The highest BCUT2D eigenvalue weighted by atomic mass is 35.6. The molecule has 0 spiro atoms. The van der Waals surface area contributed by atoms with Gasteiger partial charge >= 0.3 is 39.3 Å². The second-order valence-corrected chi connectivity index (χ2v) is 22.5. The number of nitrogens with one attached hydrogen (secondary N) is 2. The highest BCUT2D eigenvalue weighted by Gasteiger charge is 2.40. The third kappa shape index (κ3) is 25.4. The number of pyridine rings is 2. The molecule has 34 heteroatoms. The lowest BCUT2D eigenvalue weighted by Crippen LogP contribution is -2.32. The summed E-state index contributed by atoms with van der Waals surface area (Å²) in [5.74, 6) is 1.48. The number of rotatable bonds is 22. The number of fused-ring (bicyclic) bond motifs is 3. The van der Waals surface area contributed by atoms with E-state index in [4.69, 9.17) is 79.9 Å². The smallest absolute Gasteiger partial charge is 0.437 e. The van der Waals surface area contributed by atoms with Crippen molar-refractivity contribution in [1.82, 2.24) is 40.6 Å². The first-order valence-corrected chi connectivity index (χ1v) is 30.2. The Labute approximate surface area is 552 Å². The van der Waals surface area contributed by atoms with E-state index in [2.05, 4.69) is 52.4 Å². The Morgan fingerprint density at radius 3 is 1.25 bits per heavy atom. The topological polar surface area (TPSA) is 249 Å². The van der Waals surface area contributed by atoms with Gasteiger partial charge in [-0.25, -0.2) is 9.59 Å². The molecule has 20 nitrogen and oxygen atoms in total. The molecule has 93 heavy (non-hydrogen) atoms. The first-order chi connectivity index (χ1) is 43.9. The van der Waals surface area contributed by atoms with E-state index in [0.29, 0.717) is 110 Å². The summed E-state index contributed by atoms with van der Waals surface area (Å²) in [5, 5.41) is 14.6. The lowest BCUT2D eigenvalue weighted by atomic mass is 10.0. The van der Waals surface area contributed by atoms with Gasteiger partial charge in [0.2, 0.25) is 0 Å². The van der Waals surface area contributed by atoms with E-state index in [1.165, 1.54) is 40.1 Å². The maximum atomic E-state index is 13.1. The Morgan fingerprint density at radius 2 is 0.957 bits per heavy atom. The maximum Gasteiger partial charge on any atom is 0.437 e. The Kier molecular flexibility index (Phi) is 31.4. The first-order valence-electron chi connectivity index (χ1n) is 28.3. The van der Waals surface area contributed by atoms with Crippen LogP contribution in [0.2, 0.25) is 0 Å². The van der Waals surface area contributed by atoms with Crippen molar-refractivity contribution in [2.24, 2.45) is 0 Å². The number of halogens is 14. The van der Waals surface area contributed by atoms with E-state index in [9.17, 15) is 53.9 Å². The second-order valence-electron chi connectivity index (χ2n) is 19.6. The van der Waals surface area contributed by atoms with Gasteiger partial charge in [-0.2, -0.15) is 39.5 Å². The van der Waals surface area contributed by atoms with Crippen LogP contribution in [0.4, 0.5) is 65.3 Å². The number of aromatic nitrogens is 5. The van der Waals surface area contributed by atoms with E-state index in [1.54, 1.807) is 69.2 Å². The number of anilines is 2. The molecule has 0 aliphatic rings. The number of nitrogens with two attached hydrogens (primary N) is 1. The highest BCUT2D eigenvalue weighted by molar-refractivity contribution is 6.69. The number of nitrogens with zero attached hydrogens (tertiary/aromatic N) is 7. The summed E-state index contributed by atoms with van der Waals surface area (Å²) in [7, 11) is 5.08. The minimum Gasteiger partial charge on any atom is -0.493 e. The molecule has 5 aromatic heterocycles. The number of carbonyl (C=O) groups is 3. The van der Waals surface area contributed by atoms with Gasteiger partial charge in [0.25, 0.3) is 0 Å². The van der Waals surface area contributed by atoms with Crippen LogP contribution in [0.3, 0.4) is 0 Å². The molecule has 0 fully saturated rings. The molecule has 510 valence electrons. The zero-order valence-electron chi connectivity index (χ0n) is 50.8. The van der Waals surface area contributed by atoms with Crippen LogP contribution in [-0.4, -0.2) is 117 Å². The van der Waals surface area contributed by atoms with Crippen molar-refractivity contribution in [2.75, 3.05) is 71.6 Å². The standard InChI is InChI=1S/C21H23F3N4O3.C16H18ClF3N2O3.C15H19F3N2O2.C5H6N2.C2Cl4O2/c1-3-6-15-17(9-8-16-18(15)31-27-19(16)21(22,23)24)30-12-5-11-28(2)20(29)26-14-7-4-10-25-13-14;1-3-5-10-12(24-9-4-8-22(2)15(17)23)7-6-11-13(10)25-21-14(11)16(18,19)20;1-3-5-10-12(21-9-4-8-19-2)7-6-11-13(10)22-20-14(11)15(16,17)18;6-5-2-1-3-7-4-5;3-1(7)8-2(4,5)6/h4,7-10,13H,3,5-6,11-12H2,1-2H3,(H,26,29);6-7H,3-5,8-9H2,1-2H3;6-7,19H,3-5,8-9H2,1-2H3;1-4H,6H2;. The SMILES string of the molecule is CCCc1c(OCCCN(C)C(=O)Cl)ccc2c(C(F)(F)F)noc12.CCCc1c(OCCCN(C)C(=O)Nc2cccnc2)ccc2c(C(F)(F)F)noc12.CCCc1c(OCCCNC)ccc2c(C(F)(F)F)noc12.Nc1cccnc1.O=C(Cl)OC(Cl)(Cl)Cl. The number of hydrogen-bond donors (Lipinski definition) is 3. The van der Waals surface area contributed by atoms with Crippen LogP contribution in [-0.2, 0) is 42.5 Å². The van der Waals surface area contributed by atoms with Gasteiger partial charge in [-0.3, -0.25) is 14.8 Å². The fourth-order valence-electron chi connectivity index (χ4n) is 8.31. The number of alkyl halides is 12. The number of benzene rings is 3. The number of ether oxygens (including phenoxy) is 4. The Bertz CT molecular complexity index is 3600. The lowest BCUT2D eigenvalue weighted by molar-refractivity contribution is -0.142. The molecule has 0 bridgehead atoms. The van der Waals surface area contributed by atoms with Crippen LogP contribution in [0, 0.1) is 0 Å². The Balaban J connectivity index is 0.000000269. The molecule has 8 aromatic rings. The molecule has 0 unspecified atom stereocenters. The third-order valence-corrected chi connectivity index (χ3v) is 13.1. The van der Waals surface area contributed by atoms with Gasteiger partial charge in [0.05, 0.1) is 53.6 Å². The first kappa shape index (κ1) is 78.0. The molecule has 8 rings (SSSR count). The van der Waals surface area contributed by atoms with Crippen molar-refractivity contribution in [3.8, 4) is 17.2 Å². The van der Waals surface area contributed by atoms with Gasteiger partial charge in [-0.15, -0.1) is 0 Å². The summed E-state index contributed by atoms with van der Waals surface area (Å²) in [6.45, 7) is 8.49. The molecule has 0 saturated carbocycles. The number of aryl methyl sites for hydroxylation is 3. The number of urea groups is 1. The number of nitrogen functional groups attached to an aromatic ring is 1. The average molecular weight is 1420 g/mol. The number of carbonyl (C=O) groups excluding carboxylic acids is 3. The molecule has 3 amide bonds. The third-order valence-electron chi connectivity index (χ3n) is 12.5. The predicted molar refractivity (Wildman–Crippen MR) is 334 cm³/mol. The van der Waals surface area contributed by atoms with Crippen LogP contribution < -0.4 is 30.6 Å². The minimum absolute atomic E-state index is 0.0153. The zero-order valence-corrected chi connectivity index (χ0v) is 54.6. The maximum absolute atomic E-state index is 13.1. The van der Waals surface area contributed by atoms with Crippen molar-refractivity contribution in [1.29, 1.82) is 0 Å². The molecule has 4 N–H and O–H groups in total. The van der Waals surface area contributed by atoms with Crippen molar-refractivity contribution in [2.45, 2.75) is 101 Å². The van der Waals surface area contributed by atoms with E-state index in [-0.39, 0.29) is 52.2 Å². The molecule has 0 saturated heterocycles. The summed E-state index contributed by atoms with van der Waals surface area (Å²) < 4.78 is 151. The second kappa shape index (κ2) is 37.5. The van der Waals surface area contributed by atoms with Crippen molar-refractivity contribution >= 4 is 119 Å². The monoisotopic (exact) mass is 1420 g/mol. The summed E-state index contributed by atoms with van der Waals surface area (Å²) in [5.41, 5.74) is 4.53. The van der Waals surface area contributed by atoms with E-state index >= 15 is 0 Å². The van der Waals surface area contributed by atoms with E-state index < -0.39 is 50.4 Å². The molecule has 0 aliphatic heterocycles. The minimum atomic E-state index is -4.59. The molecule has 0 atom stereocenters. The molecule has 0 aliphatic carbocycles. The Hall–Kier alpha value is -7.44. The van der Waals surface area contributed by atoms with E-state index in [0.717, 1.165) is 19.4 Å². The van der Waals surface area contributed by atoms with Crippen LogP contribution in [0.25, 0.3) is 32.9 Å². The van der Waals surface area contributed by atoms with Gasteiger partial charge in [0.1, 0.15) is 17.2 Å². The summed E-state index contributed by atoms with van der Waals surface area (Å²) in [4.78, 5) is 43.4. The van der Waals surface area contributed by atoms with Crippen molar-refractivity contribution in [3.63, 3.8) is 0 Å². The Morgan fingerprint density at radius 1 is 0.570 bits per heavy atom. The predicted octanol–water partition coefficient (Wildman–Crippen LogP) is 17.1. The van der Waals surface area contributed by atoms with Gasteiger partial charge in [0.15, 0.2) is 33.8 Å². The largest absolute Gasteiger partial charge is 0.493 e. The van der Waals surface area contributed by atoms with Crippen LogP contribution in [0.15, 0.2) is 99.0 Å². The van der Waals surface area contributed by atoms with Gasteiger partial charge in [0, 0.05) is 74.1 Å². The quantitative estimate of drug-likeness (QED) is 0.0188. The molecular formula is C59H66Cl5F9N10O10. The number of hydrogen-bond acceptors (Lipinski definition) is 17. The normalized spacial score (nSPS) is 11.4. The summed E-state index contributed by atoms with van der Waals surface area (Å²) in [6.07, 6.45) is -1.59. The number of amides is 3. The fourth-order valence-corrected chi connectivity index (χ4v) is 8.84. The van der Waals surface area contributed by atoms with Crippen molar-refractivity contribution in [3.05, 3.63) is 119 Å². The molecule has 0 radical (unpaired) electrons. The molecule has 3 aromatic carbocycles. The average Bonchev–Trinajstić information content (AvgIpc) is 1.70. The van der Waals surface area contributed by atoms with E-state index in [1.807, 2.05) is 27.8 Å². The van der Waals surface area contributed by atoms with Gasteiger partial charge in [-0.1, -0.05) is 55.5 Å². The zero-order chi connectivity index (χ0) is 69.1. The van der Waals surface area contributed by atoms with Gasteiger partial charge in [-0.05, 0) is 159 Å². The highest BCUT2D eigenvalue weighted by Crippen LogP contribution is 2.41. The van der Waals surface area contributed by atoms with Gasteiger partial charge < -0.3 is 58.7 Å². The summed E-state index contributed by atoms with van der Waals surface area (Å²) in [6, 6.07) is 15.3.